The average molecular weight is 318 g/mol. The van der Waals surface area contributed by atoms with Crippen LogP contribution in [0, 0.1) is 0 Å². The minimum atomic E-state index is 0.259. The van der Waals surface area contributed by atoms with Crippen molar-refractivity contribution < 1.29 is 9.84 Å². The highest BCUT2D eigenvalue weighted by atomic mass is 79.9. The van der Waals surface area contributed by atoms with E-state index in [4.69, 9.17) is 4.74 Å². The molecule has 4 heteroatoms. The van der Waals surface area contributed by atoms with E-state index in [1.54, 1.807) is 12.1 Å². The molecule has 96 valence electrons. The quantitative estimate of drug-likeness (QED) is 0.759. The zero-order chi connectivity index (χ0) is 13.2. The van der Waals surface area contributed by atoms with E-state index in [0.717, 1.165) is 26.7 Å². The first-order valence-corrected chi connectivity index (χ1v) is 6.69. The number of nitrogens with one attached hydrogen (secondary N) is 1. The van der Waals surface area contributed by atoms with Crippen molar-refractivity contribution in [2.75, 3.05) is 0 Å². The highest BCUT2D eigenvalue weighted by molar-refractivity contribution is 9.10. The minimum absolute atomic E-state index is 0.259. The standard InChI is InChI=1S/C15H12BrNO2/c16-11-1-4-13(5-2-11)19-9-10-8-17-15-7-12(18)3-6-14(10)15/h1-8,17-18H,9H2. The number of benzene rings is 2. The molecular weight excluding hydrogens is 306 g/mol. The number of aromatic amines is 1. The highest BCUT2D eigenvalue weighted by Gasteiger charge is 2.05. The number of halogens is 1. The van der Waals surface area contributed by atoms with Gasteiger partial charge in [0.1, 0.15) is 18.1 Å². The maximum atomic E-state index is 9.42. The number of aromatic hydroxyl groups is 1. The molecule has 0 atom stereocenters. The summed E-state index contributed by atoms with van der Waals surface area (Å²) in [5, 5.41) is 10.5. The average Bonchev–Trinajstić information content (AvgIpc) is 2.80. The smallest absolute Gasteiger partial charge is 0.119 e. The normalized spacial score (nSPS) is 10.8. The van der Waals surface area contributed by atoms with Gasteiger partial charge in [0.05, 0.1) is 0 Å². The second kappa shape index (κ2) is 4.97. The minimum Gasteiger partial charge on any atom is -0.508 e. The Morgan fingerprint density at radius 1 is 1.11 bits per heavy atom. The van der Waals surface area contributed by atoms with Crippen LogP contribution in [0.5, 0.6) is 11.5 Å². The molecule has 0 unspecified atom stereocenters. The maximum Gasteiger partial charge on any atom is 0.119 e. The Kier molecular flexibility index (Phi) is 3.17. The van der Waals surface area contributed by atoms with Gasteiger partial charge in [-0.25, -0.2) is 0 Å². The van der Waals surface area contributed by atoms with Crippen molar-refractivity contribution in [1.82, 2.24) is 4.98 Å². The van der Waals surface area contributed by atoms with Crippen LogP contribution in [0.2, 0.25) is 0 Å². The molecule has 0 spiro atoms. The van der Waals surface area contributed by atoms with Gasteiger partial charge in [-0.3, -0.25) is 0 Å². The van der Waals surface area contributed by atoms with E-state index in [2.05, 4.69) is 20.9 Å². The van der Waals surface area contributed by atoms with Gasteiger partial charge in [-0.1, -0.05) is 15.9 Å². The molecule has 0 saturated carbocycles. The molecule has 2 aromatic carbocycles. The molecule has 1 heterocycles. The van der Waals surface area contributed by atoms with E-state index < -0.39 is 0 Å². The van der Waals surface area contributed by atoms with Gasteiger partial charge >= 0.3 is 0 Å². The molecule has 3 nitrogen and oxygen atoms in total. The largest absolute Gasteiger partial charge is 0.508 e. The third-order valence-electron chi connectivity index (χ3n) is 2.96. The summed E-state index contributed by atoms with van der Waals surface area (Å²) in [5.41, 5.74) is 1.98. The van der Waals surface area contributed by atoms with Gasteiger partial charge in [-0.2, -0.15) is 0 Å². The second-order valence-corrected chi connectivity index (χ2v) is 5.20. The first-order chi connectivity index (χ1) is 9.22. The fourth-order valence-electron chi connectivity index (χ4n) is 1.99. The number of hydrogen-bond acceptors (Lipinski definition) is 2. The summed E-state index contributed by atoms with van der Waals surface area (Å²) < 4.78 is 6.77. The molecule has 0 amide bonds. The molecule has 3 rings (SSSR count). The van der Waals surface area contributed by atoms with Crippen LogP contribution >= 0.6 is 15.9 Å². The lowest BCUT2D eigenvalue weighted by atomic mass is 10.2. The van der Waals surface area contributed by atoms with Gasteiger partial charge in [-0.05, 0) is 36.4 Å². The Bertz CT molecular complexity index is 704. The lowest BCUT2D eigenvalue weighted by molar-refractivity contribution is 0.307. The lowest BCUT2D eigenvalue weighted by Gasteiger charge is -2.05. The van der Waals surface area contributed by atoms with Gasteiger partial charge in [0.25, 0.3) is 0 Å². The summed E-state index contributed by atoms with van der Waals surface area (Å²) in [6.07, 6.45) is 1.91. The molecule has 1 aromatic heterocycles. The SMILES string of the molecule is Oc1ccc2c(COc3ccc(Br)cc3)c[nH]c2c1. The zero-order valence-corrected chi connectivity index (χ0v) is 11.6. The molecule has 0 bridgehead atoms. The summed E-state index contributed by atoms with van der Waals surface area (Å²) in [4.78, 5) is 3.13. The fourth-order valence-corrected chi connectivity index (χ4v) is 2.25. The van der Waals surface area contributed by atoms with Gasteiger partial charge < -0.3 is 14.8 Å². The first kappa shape index (κ1) is 12.1. The van der Waals surface area contributed by atoms with Crippen LogP contribution in [-0.4, -0.2) is 10.1 Å². The number of H-pyrrole nitrogens is 1. The van der Waals surface area contributed by atoms with Crippen LogP contribution in [0.25, 0.3) is 10.9 Å². The topological polar surface area (TPSA) is 45.2 Å². The molecule has 0 aliphatic heterocycles. The van der Waals surface area contributed by atoms with Gasteiger partial charge in [0.15, 0.2) is 0 Å². The number of fused-ring (bicyclic) bond motifs is 1. The van der Waals surface area contributed by atoms with Crippen molar-refractivity contribution in [3.05, 3.63) is 58.7 Å². The molecule has 0 saturated heterocycles. The number of phenols is 1. The summed E-state index contributed by atoms with van der Waals surface area (Å²) in [6, 6.07) is 13.0. The van der Waals surface area contributed by atoms with Crippen LogP contribution in [-0.2, 0) is 6.61 Å². The third kappa shape index (κ3) is 2.58. The monoisotopic (exact) mass is 317 g/mol. The van der Waals surface area contributed by atoms with Gasteiger partial charge in [-0.15, -0.1) is 0 Å². The summed E-state index contributed by atoms with van der Waals surface area (Å²) in [5.74, 6) is 1.09. The van der Waals surface area contributed by atoms with Crippen molar-refractivity contribution in [2.24, 2.45) is 0 Å². The molecular formula is C15H12BrNO2. The number of rotatable bonds is 3. The Morgan fingerprint density at radius 3 is 2.68 bits per heavy atom. The van der Waals surface area contributed by atoms with Crippen molar-refractivity contribution in [3.8, 4) is 11.5 Å². The van der Waals surface area contributed by atoms with E-state index >= 15 is 0 Å². The van der Waals surface area contributed by atoms with Crippen LogP contribution in [0.1, 0.15) is 5.56 Å². The van der Waals surface area contributed by atoms with Gasteiger partial charge in [0, 0.05) is 33.2 Å². The number of ether oxygens (including phenoxy) is 1. The Hall–Kier alpha value is -1.94. The van der Waals surface area contributed by atoms with Gasteiger partial charge in [0.2, 0.25) is 0 Å². The number of phenolic OH excluding ortho intramolecular Hbond substituents is 1. The molecule has 0 fully saturated rings. The molecule has 2 N–H and O–H groups in total. The van der Waals surface area contributed by atoms with Crippen molar-refractivity contribution in [3.63, 3.8) is 0 Å². The molecule has 19 heavy (non-hydrogen) atoms. The Labute approximate surface area is 119 Å². The predicted octanol–water partition coefficient (Wildman–Crippen LogP) is 4.22. The molecule has 3 aromatic rings. The maximum absolute atomic E-state index is 9.42. The first-order valence-electron chi connectivity index (χ1n) is 5.90. The predicted molar refractivity (Wildman–Crippen MR) is 78.4 cm³/mol. The van der Waals surface area contributed by atoms with Crippen LogP contribution < -0.4 is 4.74 Å². The van der Waals surface area contributed by atoms with Crippen molar-refractivity contribution >= 4 is 26.8 Å². The van der Waals surface area contributed by atoms with Crippen LogP contribution in [0.4, 0.5) is 0 Å². The summed E-state index contributed by atoms with van der Waals surface area (Å²) >= 11 is 3.39. The molecule has 0 aliphatic carbocycles. The van der Waals surface area contributed by atoms with E-state index in [1.807, 2.05) is 36.5 Å². The summed E-state index contributed by atoms with van der Waals surface area (Å²) in [7, 11) is 0. The summed E-state index contributed by atoms with van der Waals surface area (Å²) in [6.45, 7) is 0.492. The van der Waals surface area contributed by atoms with E-state index in [0.29, 0.717) is 6.61 Å². The fraction of sp³-hybridized carbons (Fsp3) is 0.0667. The number of aromatic nitrogens is 1. The Morgan fingerprint density at radius 2 is 1.89 bits per heavy atom. The van der Waals surface area contributed by atoms with E-state index in [-0.39, 0.29) is 5.75 Å². The van der Waals surface area contributed by atoms with Crippen LogP contribution in [0.15, 0.2) is 53.1 Å². The van der Waals surface area contributed by atoms with E-state index in [1.165, 1.54) is 0 Å². The van der Waals surface area contributed by atoms with Crippen LogP contribution in [0.3, 0.4) is 0 Å². The number of hydrogen-bond donors (Lipinski definition) is 2. The molecule has 0 radical (unpaired) electrons. The lowest BCUT2D eigenvalue weighted by Crippen LogP contribution is -1.93. The molecule has 0 aliphatic rings. The van der Waals surface area contributed by atoms with Crippen molar-refractivity contribution in [2.45, 2.75) is 6.61 Å². The zero-order valence-electron chi connectivity index (χ0n) is 10.1. The van der Waals surface area contributed by atoms with E-state index in [9.17, 15) is 5.11 Å². The third-order valence-corrected chi connectivity index (χ3v) is 3.49. The Balaban J connectivity index is 1.80. The second-order valence-electron chi connectivity index (χ2n) is 4.29. The highest BCUT2D eigenvalue weighted by Crippen LogP contribution is 2.24. The van der Waals surface area contributed by atoms with Crippen molar-refractivity contribution in [1.29, 1.82) is 0 Å².